The molecule has 3 aromatic rings. The first-order valence-electron chi connectivity index (χ1n) is 7.03. The Morgan fingerprint density at radius 2 is 2.14 bits per heavy atom. The third-order valence-corrected chi connectivity index (χ3v) is 4.58. The van der Waals surface area contributed by atoms with Gasteiger partial charge in [-0.1, -0.05) is 24.3 Å². The first-order valence-corrected chi connectivity index (χ1v) is 7.84. The Bertz CT molecular complexity index is 901. The highest BCUT2D eigenvalue weighted by Crippen LogP contribution is 2.36. The third-order valence-electron chi connectivity index (χ3n) is 3.53. The summed E-state index contributed by atoms with van der Waals surface area (Å²) in [7, 11) is 1.64. The highest BCUT2D eigenvalue weighted by atomic mass is 32.1. The van der Waals surface area contributed by atoms with E-state index in [2.05, 4.69) is 22.2 Å². The summed E-state index contributed by atoms with van der Waals surface area (Å²) in [5.74, 6) is 0.753. The average molecular weight is 312 g/mol. The molecule has 0 fully saturated rings. The molecule has 0 aliphatic heterocycles. The van der Waals surface area contributed by atoms with Gasteiger partial charge in [-0.3, -0.25) is 0 Å². The average Bonchev–Trinajstić information content (AvgIpc) is 3.02. The highest BCUT2D eigenvalue weighted by molar-refractivity contribution is 7.16. The molecule has 5 nitrogen and oxygen atoms in total. The van der Waals surface area contributed by atoms with Crippen LogP contribution in [-0.4, -0.2) is 21.7 Å². The minimum atomic E-state index is 0.453. The Labute approximate surface area is 132 Å². The van der Waals surface area contributed by atoms with Crippen LogP contribution in [-0.2, 0) is 6.42 Å². The van der Waals surface area contributed by atoms with Crippen LogP contribution in [0.2, 0.25) is 0 Å². The van der Waals surface area contributed by atoms with Gasteiger partial charge < -0.3 is 4.74 Å². The predicted molar refractivity (Wildman–Crippen MR) is 86.4 cm³/mol. The van der Waals surface area contributed by atoms with Gasteiger partial charge in [0, 0.05) is 5.56 Å². The van der Waals surface area contributed by atoms with Crippen LogP contribution in [0.4, 0.5) is 0 Å². The van der Waals surface area contributed by atoms with E-state index in [0.29, 0.717) is 11.4 Å². The molecule has 0 saturated heterocycles. The van der Waals surface area contributed by atoms with E-state index in [1.807, 2.05) is 26.8 Å². The number of fused-ring (bicyclic) bond motifs is 1. The van der Waals surface area contributed by atoms with Crippen LogP contribution in [0, 0.1) is 25.2 Å². The Balaban J connectivity index is 2.31. The normalized spacial score (nSPS) is 10.9. The number of rotatable bonds is 3. The number of ether oxygens (including phenoxy) is 1. The minimum absolute atomic E-state index is 0.453. The molecule has 0 N–H and O–H groups in total. The van der Waals surface area contributed by atoms with Gasteiger partial charge in [-0.05, 0) is 37.5 Å². The van der Waals surface area contributed by atoms with Gasteiger partial charge in [0.15, 0.2) is 5.69 Å². The van der Waals surface area contributed by atoms with Crippen molar-refractivity contribution < 1.29 is 4.74 Å². The second kappa shape index (κ2) is 5.43. The van der Waals surface area contributed by atoms with E-state index in [-0.39, 0.29) is 0 Å². The van der Waals surface area contributed by atoms with Crippen LogP contribution in [0.3, 0.4) is 0 Å². The van der Waals surface area contributed by atoms with Gasteiger partial charge in [-0.2, -0.15) is 14.9 Å². The molecule has 112 valence electrons. The highest BCUT2D eigenvalue weighted by Gasteiger charge is 2.21. The molecule has 0 spiro atoms. The van der Waals surface area contributed by atoms with E-state index in [1.54, 1.807) is 11.6 Å². The molecule has 0 saturated carbocycles. The molecule has 1 aromatic carbocycles. The first kappa shape index (κ1) is 14.5. The summed E-state index contributed by atoms with van der Waals surface area (Å²) in [5, 5.41) is 15.0. The van der Waals surface area contributed by atoms with Crippen molar-refractivity contribution in [3.8, 4) is 23.1 Å². The van der Waals surface area contributed by atoms with Gasteiger partial charge in [-0.15, -0.1) is 0 Å². The Morgan fingerprint density at radius 3 is 2.77 bits per heavy atom. The van der Waals surface area contributed by atoms with E-state index < -0.39 is 0 Å². The maximum absolute atomic E-state index is 9.56. The summed E-state index contributed by atoms with van der Waals surface area (Å²) in [5.41, 5.74) is 4.06. The monoisotopic (exact) mass is 312 g/mol. The van der Waals surface area contributed by atoms with Crippen molar-refractivity contribution >= 4 is 16.3 Å². The molecule has 0 atom stereocenters. The van der Waals surface area contributed by atoms with Crippen molar-refractivity contribution in [2.45, 2.75) is 27.2 Å². The van der Waals surface area contributed by atoms with E-state index >= 15 is 0 Å². The maximum atomic E-state index is 9.56. The number of hydrogen-bond donors (Lipinski definition) is 0. The van der Waals surface area contributed by atoms with Gasteiger partial charge >= 0.3 is 0 Å². The van der Waals surface area contributed by atoms with Crippen molar-refractivity contribution in [3.63, 3.8) is 0 Å². The fourth-order valence-corrected chi connectivity index (χ4v) is 3.45. The van der Waals surface area contributed by atoms with E-state index in [4.69, 9.17) is 4.74 Å². The number of nitrogens with zero attached hydrogens (tertiary/aromatic N) is 4. The van der Waals surface area contributed by atoms with E-state index in [9.17, 15) is 5.26 Å². The second-order valence-corrected chi connectivity index (χ2v) is 6.17. The summed E-state index contributed by atoms with van der Waals surface area (Å²) in [6.45, 7) is 6.05. The van der Waals surface area contributed by atoms with Crippen molar-refractivity contribution in [2.24, 2.45) is 0 Å². The van der Waals surface area contributed by atoms with Crippen molar-refractivity contribution in [3.05, 3.63) is 34.0 Å². The van der Waals surface area contributed by atoms with Crippen LogP contribution in [0.1, 0.15) is 28.8 Å². The number of benzene rings is 1. The lowest BCUT2D eigenvalue weighted by atomic mass is 10.0. The largest absolute Gasteiger partial charge is 0.496 e. The molecule has 0 radical (unpaired) electrons. The quantitative estimate of drug-likeness (QED) is 0.742. The van der Waals surface area contributed by atoms with Gasteiger partial charge in [0.2, 0.25) is 4.96 Å². The van der Waals surface area contributed by atoms with Crippen molar-refractivity contribution in [1.29, 1.82) is 5.26 Å². The molecule has 22 heavy (non-hydrogen) atoms. The zero-order chi connectivity index (χ0) is 15.9. The smallest absolute Gasteiger partial charge is 0.214 e. The van der Waals surface area contributed by atoms with Crippen LogP contribution >= 0.6 is 11.3 Å². The standard InChI is InChI=1S/C16H16N4OS/c1-5-13-19-20-12(8-17)14(18-16(20)22-13)11-7-9(2)6-10(3)15(11)21-4/h6-7H,5H2,1-4H3. The third kappa shape index (κ3) is 2.14. The van der Waals surface area contributed by atoms with E-state index in [0.717, 1.165) is 38.8 Å². The molecular formula is C16H16N4OS. The van der Waals surface area contributed by atoms with Crippen molar-refractivity contribution in [2.75, 3.05) is 7.11 Å². The number of hydrogen-bond acceptors (Lipinski definition) is 5. The maximum Gasteiger partial charge on any atom is 0.214 e. The molecule has 6 heteroatoms. The molecule has 3 rings (SSSR count). The Kier molecular flexibility index (Phi) is 3.59. The van der Waals surface area contributed by atoms with Gasteiger partial charge in [0.1, 0.15) is 22.5 Å². The molecule has 0 bridgehead atoms. The van der Waals surface area contributed by atoms with Gasteiger partial charge in [0.05, 0.1) is 7.11 Å². The molecule has 2 heterocycles. The second-order valence-electron chi connectivity index (χ2n) is 5.13. The molecular weight excluding hydrogens is 296 g/mol. The molecule has 0 unspecified atom stereocenters. The van der Waals surface area contributed by atoms with Crippen LogP contribution in [0.15, 0.2) is 12.1 Å². The topological polar surface area (TPSA) is 63.2 Å². The summed E-state index contributed by atoms with van der Waals surface area (Å²) in [6.07, 6.45) is 0.834. The van der Waals surface area contributed by atoms with Crippen LogP contribution in [0.5, 0.6) is 5.75 Å². The zero-order valence-corrected chi connectivity index (χ0v) is 13.8. The van der Waals surface area contributed by atoms with Gasteiger partial charge in [0.25, 0.3) is 0 Å². The Morgan fingerprint density at radius 1 is 1.36 bits per heavy atom. The summed E-state index contributed by atoms with van der Waals surface area (Å²) >= 11 is 1.51. The van der Waals surface area contributed by atoms with Crippen LogP contribution < -0.4 is 4.74 Å². The number of methoxy groups -OCH3 is 1. The number of aryl methyl sites for hydroxylation is 3. The lowest BCUT2D eigenvalue weighted by Gasteiger charge is -2.11. The number of aromatic nitrogens is 3. The number of imidazole rings is 1. The Hall–Kier alpha value is -2.39. The lowest BCUT2D eigenvalue weighted by Crippen LogP contribution is -1.96. The van der Waals surface area contributed by atoms with Crippen LogP contribution in [0.25, 0.3) is 16.2 Å². The summed E-state index contributed by atoms with van der Waals surface area (Å²) in [4.78, 5) is 5.37. The molecule has 0 aliphatic carbocycles. The molecule has 2 aromatic heterocycles. The van der Waals surface area contributed by atoms with E-state index in [1.165, 1.54) is 11.3 Å². The fourth-order valence-electron chi connectivity index (χ4n) is 2.62. The van der Waals surface area contributed by atoms with Gasteiger partial charge in [-0.25, -0.2) is 4.98 Å². The minimum Gasteiger partial charge on any atom is -0.496 e. The molecule has 0 amide bonds. The molecule has 0 aliphatic rings. The lowest BCUT2D eigenvalue weighted by molar-refractivity contribution is 0.413. The zero-order valence-electron chi connectivity index (χ0n) is 13.0. The SMILES string of the molecule is CCc1nn2c(C#N)c(-c3cc(C)cc(C)c3OC)nc2s1. The summed E-state index contributed by atoms with van der Waals surface area (Å²) in [6, 6.07) is 6.29. The summed E-state index contributed by atoms with van der Waals surface area (Å²) < 4.78 is 7.16. The predicted octanol–water partition coefficient (Wildman–Crippen LogP) is 3.52. The van der Waals surface area contributed by atoms with Crippen molar-refractivity contribution in [1.82, 2.24) is 14.6 Å². The first-order chi connectivity index (χ1) is 10.6. The number of nitriles is 1. The fraction of sp³-hybridized carbons (Fsp3) is 0.312.